The van der Waals surface area contributed by atoms with Crippen LogP contribution in [0.1, 0.15) is 33.9 Å². The van der Waals surface area contributed by atoms with E-state index in [1.165, 1.54) is 19.2 Å². The monoisotopic (exact) mass is 542 g/mol. The number of rotatable bonds is 10. The van der Waals surface area contributed by atoms with Crippen molar-refractivity contribution in [2.45, 2.75) is 63.9 Å². The third-order valence-electron chi connectivity index (χ3n) is 5.37. The van der Waals surface area contributed by atoms with Gasteiger partial charge in [-0.2, -0.15) is 4.98 Å². The van der Waals surface area contributed by atoms with Crippen LogP contribution in [0.25, 0.3) is 0 Å². The number of aliphatic hydroxyl groups excluding tert-OH is 1. The van der Waals surface area contributed by atoms with Gasteiger partial charge in [-0.3, -0.25) is 9.36 Å². The minimum atomic E-state index is -3.42. The van der Waals surface area contributed by atoms with Gasteiger partial charge in [0.05, 0.1) is 12.7 Å². The van der Waals surface area contributed by atoms with Crippen LogP contribution in [0, 0.1) is 0 Å². The Balaban J connectivity index is 1.80. The molecule has 2 heterocycles. The van der Waals surface area contributed by atoms with Gasteiger partial charge in [0.25, 0.3) is 0 Å². The lowest BCUT2D eigenvalue weighted by molar-refractivity contribution is -0.149. The van der Waals surface area contributed by atoms with Crippen LogP contribution in [-0.2, 0) is 30.6 Å². The topological polar surface area (TPSA) is 167 Å². The number of nitrogens with two attached hydrogens (primary N) is 1. The van der Waals surface area contributed by atoms with Gasteiger partial charge in [-0.05, 0) is 57.7 Å². The zero-order valence-electron chi connectivity index (χ0n) is 20.3. The number of hydrogen-bond acceptors (Lipinski definition) is 11. The highest BCUT2D eigenvalue weighted by atomic mass is 32.5. The second-order valence-corrected chi connectivity index (χ2v) is 11.9. The first-order chi connectivity index (χ1) is 16.8. The molecule has 1 fully saturated rings. The molecule has 0 bridgehead atoms. The standard InChI is InChI=1S/C22H31N4O8PS/c1-13(2)32-20(28)14(3)25-35(36,34-15-8-6-5-7-9-15)31-12-16-22(4,30)18(27)19(33-16)26-11-10-17(23)24-21(26)29/h5-11,13-14,16,18-19,27,30H,12H2,1-4H3,(H,25,36)(H2,23,24,29). The molecule has 0 radical (unpaired) electrons. The van der Waals surface area contributed by atoms with Crippen LogP contribution in [0.5, 0.6) is 5.75 Å². The molecule has 6 atom stereocenters. The highest BCUT2D eigenvalue weighted by Crippen LogP contribution is 2.47. The summed E-state index contributed by atoms with van der Waals surface area (Å²) in [5.74, 6) is -0.145. The van der Waals surface area contributed by atoms with E-state index in [0.29, 0.717) is 5.75 Å². The number of hydrogen-bond donors (Lipinski definition) is 4. The number of nitrogens with one attached hydrogen (secondary N) is 1. The number of nitrogens with zero attached hydrogens (tertiary/aromatic N) is 2. The second kappa shape index (κ2) is 11.3. The van der Waals surface area contributed by atoms with Crippen molar-refractivity contribution in [1.82, 2.24) is 14.6 Å². The minimum Gasteiger partial charge on any atom is -0.462 e. The Kier molecular flexibility index (Phi) is 8.88. The van der Waals surface area contributed by atoms with Crippen molar-refractivity contribution in [1.29, 1.82) is 0 Å². The van der Waals surface area contributed by atoms with E-state index >= 15 is 0 Å². The van der Waals surface area contributed by atoms with Crippen molar-refractivity contribution in [2.75, 3.05) is 12.3 Å². The van der Waals surface area contributed by atoms with Crippen LogP contribution in [0.15, 0.2) is 47.4 Å². The number of benzene rings is 1. The lowest BCUT2D eigenvalue weighted by Gasteiger charge is -2.30. The highest BCUT2D eigenvalue weighted by Gasteiger charge is 2.53. The number of para-hydroxylation sites is 1. The van der Waals surface area contributed by atoms with Crippen molar-refractivity contribution < 1.29 is 33.5 Å². The normalized spacial score (nSPS) is 26.4. The summed E-state index contributed by atoms with van der Waals surface area (Å²) in [6, 6.07) is 9.13. The van der Waals surface area contributed by atoms with E-state index in [2.05, 4.69) is 10.1 Å². The molecule has 1 aromatic heterocycles. The summed E-state index contributed by atoms with van der Waals surface area (Å²) in [6.07, 6.45) is -2.90. The summed E-state index contributed by atoms with van der Waals surface area (Å²) in [4.78, 5) is 28.3. The second-order valence-electron chi connectivity index (χ2n) is 8.76. The molecular formula is C22H31N4O8PS. The lowest BCUT2D eigenvalue weighted by Crippen LogP contribution is -2.47. The van der Waals surface area contributed by atoms with Crippen LogP contribution in [0.3, 0.4) is 0 Å². The molecule has 0 saturated carbocycles. The average Bonchev–Trinajstić information content (AvgIpc) is 3.01. The lowest BCUT2D eigenvalue weighted by atomic mass is 9.95. The zero-order valence-corrected chi connectivity index (χ0v) is 22.0. The third kappa shape index (κ3) is 6.68. The first kappa shape index (κ1) is 28.2. The van der Waals surface area contributed by atoms with Gasteiger partial charge in [0.2, 0.25) is 0 Å². The van der Waals surface area contributed by atoms with Crippen LogP contribution < -0.4 is 21.0 Å². The average molecular weight is 543 g/mol. The fourth-order valence-electron chi connectivity index (χ4n) is 3.40. The Labute approximate surface area is 213 Å². The van der Waals surface area contributed by atoms with E-state index in [1.807, 2.05) is 0 Å². The van der Waals surface area contributed by atoms with Crippen molar-refractivity contribution in [3.63, 3.8) is 0 Å². The van der Waals surface area contributed by atoms with Crippen molar-refractivity contribution >= 4 is 30.2 Å². The molecule has 12 nitrogen and oxygen atoms in total. The summed E-state index contributed by atoms with van der Waals surface area (Å²) in [7, 11) is 0. The van der Waals surface area contributed by atoms with Gasteiger partial charge in [0.1, 0.15) is 35.4 Å². The molecule has 0 aliphatic carbocycles. The SMILES string of the molecule is CC(C)OC(=O)C(C)NP(=S)(OCC1OC(n2ccc(N)nc2=O)C(O)C1(C)O)Oc1ccccc1. The predicted octanol–water partition coefficient (Wildman–Crippen LogP) is 1.08. The molecule has 6 unspecified atom stereocenters. The van der Waals surface area contributed by atoms with Gasteiger partial charge < -0.3 is 34.5 Å². The molecular weight excluding hydrogens is 511 g/mol. The van der Waals surface area contributed by atoms with Crippen molar-refractivity contribution in [2.24, 2.45) is 0 Å². The van der Waals surface area contributed by atoms with Gasteiger partial charge in [-0.1, -0.05) is 18.2 Å². The molecule has 5 N–H and O–H groups in total. The Morgan fingerprint density at radius 3 is 2.61 bits per heavy atom. The van der Waals surface area contributed by atoms with E-state index in [-0.39, 0.29) is 18.5 Å². The molecule has 14 heteroatoms. The Morgan fingerprint density at radius 1 is 1.33 bits per heavy atom. The molecule has 1 saturated heterocycles. The Bertz CT molecular complexity index is 1160. The molecule has 0 amide bonds. The highest BCUT2D eigenvalue weighted by molar-refractivity contribution is 8.09. The van der Waals surface area contributed by atoms with Crippen molar-refractivity contribution in [3.8, 4) is 5.75 Å². The summed E-state index contributed by atoms with van der Waals surface area (Å²) < 4.78 is 23.9. The van der Waals surface area contributed by atoms with Crippen LogP contribution in [0.2, 0.25) is 0 Å². The Hall–Kier alpha value is -2.38. The quantitative estimate of drug-likeness (QED) is 0.250. The molecule has 1 aliphatic heterocycles. The number of anilines is 1. The molecule has 36 heavy (non-hydrogen) atoms. The number of nitrogen functional groups attached to an aromatic ring is 1. The fraction of sp³-hybridized carbons (Fsp3) is 0.500. The predicted molar refractivity (Wildman–Crippen MR) is 135 cm³/mol. The maximum Gasteiger partial charge on any atom is 0.351 e. The molecule has 3 rings (SSSR count). The van der Waals surface area contributed by atoms with Crippen LogP contribution >= 0.6 is 6.64 Å². The first-order valence-electron chi connectivity index (χ1n) is 11.2. The van der Waals surface area contributed by atoms with Gasteiger partial charge >= 0.3 is 18.3 Å². The van der Waals surface area contributed by atoms with Gasteiger partial charge in [0, 0.05) is 6.20 Å². The first-order valence-corrected chi connectivity index (χ1v) is 13.8. The number of carbonyl (C=O) groups excluding carboxylic acids is 1. The number of esters is 1. The fourth-order valence-corrected chi connectivity index (χ4v) is 5.81. The summed E-state index contributed by atoms with van der Waals surface area (Å²) in [6.45, 7) is 2.60. The van der Waals surface area contributed by atoms with Gasteiger partial charge in [-0.15, -0.1) is 0 Å². The van der Waals surface area contributed by atoms with E-state index in [4.69, 9.17) is 36.1 Å². The van der Waals surface area contributed by atoms with E-state index in [9.17, 15) is 19.8 Å². The smallest absolute Gasteiger partial charge is 0.351 e. The molecule has 0 spiro atoms. The zero-order chi connectivity index (χ0) is 26.7. The third-order valence-corrected chi connectivity index (χ3v) is 7.87. The summed E-state index contributed by atoms with van der Waals surface area (Å²) in [5.41, 5.74) is 2.94. The van der Waals surface area contributed by atoms with Crippen LogP contribution in [0.4, 0.5) is 5.82 Å². The molecule has 2 aromatic rings. The van der Waals surface area contributed by atoms with Crippen LogP contribution in [-0.4, -0.2) is 62.3 Å². The number of aliphatic hydroxyl groups is 2. The van der Waals surface area contributed by atoms with E-state index < -0.39 is 48.4 Å². The largest absolute Gasteiger partial charge is 0.462 e. The maximum absolute atomic E-state index is 12.4. The molecule has 1 aromatic carbocycles. The van der Waals surface area contributed by atoms with Gasteiger partial charge in [-0.25, -0.2) is 9.88 Å². The molecule has 198 valence electrons. The van der Waals surface area contributed by atoms with Gasteiger partial charge in [0.15, 0.2) is 6.23 Å². The maximum atomic E-state index is 12.4. The number of carbonyl (C=O) groups is 1. The van der Waals surface area contributed by atoms with E-state index in [0.717, 1.165) is 4.57 Å². The summed E-state index contributed by atoms with van der Waals surface area (Å²) >= 11 is 5.66. The minimum absolute atomic E-state index is 0.00493. The van der Waals surface area contributed by atoms with E-state index in [1.54, 1.807) is 51.1 Å². The number of ether oxygens (including phenoxy) is 2. The van der Waals surface area contributed by atoms with Crippen molar-refractivity contribution in [3.05, 3.63) is 53.1 Å². The Morgan fingerprint density at radius 2 is 2.00 bits per heavy atom. The number of aromatic nitrogens is 2. The molecule has 1 aliphatic rings. The summed E-state index contributed by atoms with van der Waals surface area (Å²) in [5, 5.41) is 24.6.